The summed E-state index contributed by atoms with van der Waals surface area (Å²) in [6.45, 7) is 0. The number of nitrogens with two attached hydrogens (primary N) is 1. The number of rotatable bonds is 1. The van der Waals surface area contributed by atoms with Crippen molar-refractivity contribution < 1.29 is 4.79 Å². The Bertz CT molecular complexity index is 797. The normalized spacial score (nSPS) is 11.2. The van der Waals surface area contributed by atoms with E-state index in [1.165, 1.54) is 10.3 Å². The second-order valence-electron chi connectivity index (χ2n) is 3.89. The number of aromatic nitrogens is 2. The van der Waals surface area contributed by atoms with E-state index >= 15 is 0 Å². The van der Waals surface area contributed by atoms with Crippen LogP contribution in [0.25, 0.3) is 21.8 Å². The molecule has 6 heteroatoms. The van der Waals surface area contributed by atoms with Crippen LogP contribution in [0.2, 0.25) is 0 Å². The summed E-state index contributed by atoms with van der Waals surface area (Å²) in [5.41, 5.74) is 7.05. The molecule has 1 amide bonds. The summed E-state index contributed by atoms with van der Waals surface area (Å²) in [7, 11) is 0. The van der Waals surface area contributed by atoms with Crippen LogP contribution in [0.3, 0.4) is 0 Å². The maximum absolute atomic E-state index is 11.4. The van der Waals surface area contributed by atoms with Gasteiger partial charge in [-0.05, 0) is 12.1 Å². The molecule has 0 unspecified atom stereocenters. The van der Waals surface area contributed by atoms with E-state index in [-0.39, 0.29) is 0 Å². The number of benzene rings is 1. The average molecular weight is 325 g/mol. The van der Waals surface area contributed by atoms with Gasteiger partial charge in [0.15, 0.2) is 0 Å². The molecule has 3 rings (SSSR count). The molecular weight excluding hydrogens is 318 g/mol. The third kappa shape index (κ3) is 1.51. The minimum absolute atomic E-state index is 0.315. The van der Waals surface area contributed by atoms with Gasteiger partial charge in [-0.1, -0.05) is 22.0 Å². The van der Waals surface area contributed by atoms with Crippen LogP contribution in [0.15, 0.2) is 35.1 Å². The van der Waals surface area contributed by atoms with Crippen molar-refractivity contribution >= 4 is 55.4 Å². The molecule has 0 saturated heterocycles. The minimum Gasteiger partial charge on any atom is -0.365 e. The molecule has 3 aromatic rings. The average Bonchev–Trinajstić information content (AvgIpc) is 2.63. The molecule has 2 aromatic heterocycles. The maximum atomic E-state index is 11.4. The maximum Gasteiger partial charge on any atom is 0.252 e. The van der Waals surface area contributed by atoms with E-state index in [2.05, 4.69) is 20.9 Å². The number of halogens is 2. The predicted molar refractivity (Wildman–Crippen MR) is 74.7 cm³/mol. The molecule has 0 spiro atoms. The molecule has 0 aliphatic carbocycles. The second kappa shape index (κ2) is 3.96. The number of primary amides is 1. The standard InChI is InChI=1S/C12H7BrClN3O/c13-6-1-2-7-8-4-16-5-9(12(15)18)11(8)17(14)10(7)3-6/h1-5H,(H2,15,18). The fourth-order valence-corrected chi connectivity index (χ4v) is 2.73. The topological polar surface area (TPSA) is 60.9 Å². The quantitative estimate of drug-likeness (QED) is 0.748. The smallest absolute Gasteiger partial charge is 0.252 e. The van der Waals surface area contributed by atoms with Gasteiger partial charge < -0.3 is 5.73 Å². The van der Waals surface area contributed by atoms with Crippen molar-refractivity contribution in [2.75, 3.05) is 0 Å². The van der Waals surface area contributed by atoms with E-state index in [1.54, 1.807) is 6.20 Å². The van der Waals surface area contributed by atoms with Gasteiger partial charge in [0.05, 0.1) is 16.6 Å². The van der Waals surface area contributed by atoms with Crippen molar-refractivity contribution in [3.8, 4) is 0 Å². The molecular formula is C12H7BrClN3O. The van der Waals surface area contributed by atoms with E-state index in [0.29, 0.717) is 11.1 Å². The molecule has 2 heterocycles. The van der Waals surface area contributed by atoms with Crippen LogP contribution in [0.1, 0.15) is 10.4 Å². The highest BCUT2D eigenvalue weighted by molar-refractivity contribution is 9.10. The summed E-state index contributed by atoms with van der Waals surface area (Å²) in [5, 5.41) is 1.74. The zero-order valence-corrected chi connectivity index (χ0v) is 11.4. The van der Waals surface area contributed by atoms with Crippen LogP contribution in [0, 0.1) is 0 Å². The first kappa shape index (κ1) is 11.5. The molecule has 0 aliphatic rings. The van der Waals surface area contributed by atoms with Gasteiger partial charge in [0, 0.05) is 39.4 Å². The fourth-order valence-electron chi connectivity index (χ4n) is 2.06. The molecule has 4 nitrogen and oxygen atoms in total. The van der Waals surface area contributed by atoms with E-state index in [9.17, 15) is 4.79 Å². The summed E-state index contributed by atoms with van der Waals surface area (Å²) >= 11 is 9.66. The van der Waals surface area contributed by atoms with Crippen molar-refractivity contribution in [2.24, 2.45) is 5.73 Å². The molecule has 0 atom stereocenters. The van der Waals surface area contributed by atoms with Gasteiger partial charge >= 0.3 is 0 Å². The molecule has 18 heavy (non-hydrogen) atoms. The van der Waals surface area contributed by atoms with Gasteiger partial charge in [-0.25, -0.2) is 0 Å². The lowest BCUT2D eigenvalue weighted by atomic mass is 10.1. The zero-order valence-electron chi connectivity index (χ0n) is 9.02. The van der Waals surface area contributed by atoms with Gasteiger partial charge in [-0.3, -0.25) is 13.9 Å². The number of hydrogen-bond acceptors (Lipinski definition) is 2. The van der Waals surface area contributed by atoms with Crippen LogP contribution in [-0.4, -0.2) is 15.0 Å². The van der Waals surface area contributed by atoms with Crippen LogP contribution in [0.4, 0.5) is 0 Å². The van der Waals surface area contributed by atoms with Gasteiger partial charge in [-0.2, -0.15) is 0 Å². The van der Waals surface area contributed by atoms with Gasteiger partial charge in [-0.15, -0.1) is 0 Å². The molecule has 1 aromatic carbocycles. The Morgan fingerprint density at radius 3 is 2.83 bits per heavy atom. The van der Waals surface area contributed by atoms with Crippen molar-refractivity contribution in [1.82, 2.24) is 9.07 Å². The lowest BCUT2D eigenvalue weighted by Gasteiger charge is -1.99. The summed E-state index contributed by atoms with van der Waals surface area (Å²) < 4.78 is 2.35. The predicted octanol–water partition coefficient (Wildman–Crippen LogP) is 3.05. The largest absolute Gasteiger partial charge is 0.365 e. The number of amides is 1. The van der Waals surface area contributed by atoms with E-state index in [1.807, 2.05) is 18.2 Å². The number of carbonyl (C=O) groups is 1. The van der Waals surface area contributed by atoms with E-state index in [4.69, 9.17) is 17.5 Å². The summed E-state index contributed by atoms with van der Waals surface area (Å²) in [4.78, 5) is 15.4. The fraction of sp³-hybridized carbons (Fsp3) is 0. The molecule has 0 saturated carbocycles. The number of carbonyl (C=O) groups excluding carboxylic acids is 1. The Labute approximate surface area is 116 Å². The second-order valence-corrected chi connectivity index (χ2v) is 5.14. The lowest BCUT2D eigenvalue weighted by molar-refractivity contribution is 0.100. The number of pyridine rings is 1. The van der Waals surface area contributed by atoms with E-state index < -0.39 is 5.91 Å². The first-order valence-corrected chi connectivity index (χ1v) is 6.26. The van der Waals surface area contributed by atoms with E-state index in [0.717, 1.165) is 20.8 Å². The number of fused-ring (bicyclic) bond motifs is 3. The van der Waals surface area contributed by atoms with Crippen molar-refractivity contribution in [3.05, 3.63) is 40.6 Å². The van der Waals surface area contributed by atoms with Gasteiger partial charge in [0.1, 0.15) is 0 Å². The van der Waals surface area contributed by atoms with Crippen LogP contribution >= 0.6 is 27.7 Å². The van der Waals surface area contributed by atoms with Gasteiger partial charge in [0.25, 0.3) is 5.91 Å². The Morgan fingerprint density at radius 1 is 1.33 bits per heavy atom. The Hall–Kier alpha value is -1.59. The third-order valence-electron chi connectivity index (χ3n) is 2.84. The van der Waals surface area contributed by atoms with Crippen LogP contribution in [-0.2, 0) is 0 Å². The van der Waals surface area contributed by atoms with Crippen molar-refractivity contribution in [3.63, 3.8) is 0 Å². The molecule has 0 aliphatic heterocycles. The Kier molecular flexibility index (Phi) is 2.53. The van der Waals surface area contributed by atoms with Crippen LogP contribution < -0.4 is 5.73 Å². The molecule has 0 fully saturated rings. The number of nitrogens with zero attached hydrogens (tertiary/aromatic N) is 2. The lowest BCUT2D eigenvalue weighted by Crippen LogP contribution is -2.12. The Morgan fingerprint density at radius 2 is 2.11 bits per heavy atom. The van der Waals surface area contributed by atoms with Crippen molar-refractivity contribution in [2.45, 2.75) is 0 Å². The minimum atomic E-state index is -0.545. The number of hydrogen-bond donors (Lipinski definition) is 1. The first-order valence-electron chi connectivity index (χ1n) is 5.13. The van der Waals surface area contributed by atoms with Crippen molar-refractivity contribution in [1.29, 1.82) is 0 Å². The summed E-state index contributed by atoms with van der Waals surface area (Å²) in [5.74, 6) is -0.545. The SMILES string of the molecule is NC(=O)c1cncc2c3ccc(Br)cc3n(Cl)c12. The molecule has 0 radical (unpaired) electrons. The summed E-state index contributed by atoms with van der Waals surface area (Å²) in [6.07, 6.45) is 3.11. The highest BCUT2D eigenvalue weighted by atomic mass is 79.9. The zero-order chi connectivity index (χ0) is 12.9. The molecule has 2 N–H and O–H groups in total. The van der Waals surface area contributed by atoms with Crippen LogP contribution in [0.5, 0.6) is 0 Å². The third-order valence-corrected chi connectivity index (χ3v) is 3.69. The Balaban J connectivity index is 2.59. The monoisotopic (exact) mass is 323 g/mol. The highest BCUT2D eigenvalue weighted by Crippen LogP contribution is 2.32. The first-order chi connectivity index (χ1) is 8.59. The molecule has 90 valence electrons. The summed E-state index contributed by atoms with van der Waals surface area (Å²) in [6, 6.07) is 5.72. The highest BCUT2D eigenvalue weighted by Gasteiger charge is 2.16. The van der Waals surface area contributed by atoms with Gasteiger partial charge in [0.2, 0.25) is 0 Å². The molecule has 0 bridgehead atoms.